The lowest BCUT2D eigenvalue weighted by molar-refractivity contribution is -0.136. The van der Waals surface area contributed by atoms with E-state index in [9.17, 15) is 18.9 Å². The van der Waals surface area contributed by atoms with Gasteiger partial charge in [0.05, 0.1) is 24.1 Å². The molecule has 1 atom stereocenters. The number of pyridine rings is 1. The average molecular weight is 554 g/mol. The molecule has 38 heavy (non-hydrogen) atoms. The Morgan fingerprint density at radius 3 is 2.24 bits per heavy atom. The van der Waals surface area contributed by atoms with Crippen LogP contribution in [0.15, 0.2) is 76.4 Å². The van der Waals surface area contributed by atoms with E-state index in [1.54, 1.807) is 55.9 Å². The summed E-state index contributed by atoms with van der Waals surface area (Å²) in [6.07, 6.45) is 1.48. The first kappa shape index (κ1) is 29.3. The molecule has 200 valence electrons. The summed E-state index contributed by atoms with van der Waals surface area (Å²) in [6.45, 7) is 7.39. The molecule has 0 saturated carbocycles. The monoisotopic (exact) mass is 553 g/mol. The molecule has 0 aliphatic carbocycles. The van der Waals surface area contributed by atoms with E-state index in [0.717, 1.165) is 27.6 Å². The highest BCUT2D eigenvalue weighted by atomic mass is 35.5. The van der Waals surface area contributed by atoms with Crippen LogP contribution in [-0.4, -0.2) is 36.8 Å². The second-order valence-corrected chi connectivity index (χ2v) is 11.9. The SMILES string of the molecule is CC(C)(C)O.Cc1cc2c(ccc(=O)n2Cc2cccc(S(C)=O)c2)c(-c2ccc(Cl)cc2)c1CC(=O)O. The largest absolute Gasteiger partial charge is 0.481 e. The zero-order chi connectivity index (χ0) is 28.2. The predicted octanol–water partition coefficient (Wildman–Crippen LogP) is 5.82. The van der Waals surface area contributed by atoms with Crippen LogP contribution in [0.2, 0.25) is 5.02 Å². The van der Waals surface area contributed by atoms with Crippen molar-refractivity contribution in [3.8, 4) is 11.1 Å². The fraction of sp³-hybridized carbons (Fsp3) is 0.267. The Kier molecular flexibility index (Phi) is 9.31. The quantitative estimate of drug-likeness (QED) is 0.313. The molecule has 1 unspecified atom stereocenters. The van der Waals surface area contributed by atoms with Crippen LogP contribution in [0.4, 0.5) is 0 Å². The van der Waals surface area contributed by atoms with Crippen molar-refractivity contribution in [2.45, 2.75) is 51.2 Å². The number of rotatable bonds is 6. The summed E-state index contributed by atoms with van der Waals surface area (Å²) in [5, 5.41) is 19.4. The van der Waals surface area contributed by atoms with Gasteiger partial charge in [0.2, 0.25) is 0 Å². The van der Waals surface area contributed by atoms with Crippen LogP contribution < -0.4 is 5.56 Å². The molecule has 0 amide bonds. The summed E-state index contributed by atoms with van der Waals surface area (Å²) < 4.78 is 13.6. The number of carbonyl (C=O) groups is 1. The zero-order valence-electron chi connectivity index (χ0n) is 22.1. The fourth-order valence-corrected chi connectivity index (χ4v) is 4.82. The molecule has 4 aromatic rings. The van der Waals surface area contributed by atoms with E-state index in [2.05, 4.69) is 0 Å². The Bertz CT molecular complexity index is 1550. The molecule has 0 spiro atoms. The molecule has 0 radical (unpaired) electrons. The van der Waals surface area contributed by atoms with Gasteiger partial charge in [0.15, 0.2) is 0 Å². The van der Waals surface area contributed by atoms with Crippen LogP contribution >= 0.6 is 11.6 Å². The van der Waals surface area contributed by atoms with Gasteiger partial charge < -0.3 is 14.8 Å². The highest BCUT2D eigenvalue weighted by Gasteiger charge is 2.18. The maximum atomic E-state index is 12.9. The maximum absolute atomic E-state index is 12.9. The normalized spacial score (nSPS) is 12.1. The first-order valence-electron chi connectivity index (χ1n) is 12.0. The minimum atomic E-state index is -1.13. The van der Waals surface area contributed by atoms with E-state index in [0.29, 0.717) is 27.5 Å². The molecular formula is C30H32ClNO5S. The van der Waals surface area contributed by atoms with E-state index in [-0.39, 0.29) is 12.0 Å². The van der Waals surface area contributed by atoms with Crippen LogP contribution in [-0.2, 0) is 28.6 Å². The average Bonchev–Trinajstić information content (AvgIpc) is 2.81. The third-order valence-electron chi connectivity index (χ3n) is 5.66. The van der Waals surface area contributed by atoms with E-state index >= 15 is 0 Å². The Balaban J connectivity index is 0.000000732. The second-order valence-electron chi connectivity index (χ2n) is 10.1. The Labute approximate surface area is 230 Å². The molecule has 2 N–H and O–H groups in total. The minimum Gasteiger partial charge on any atom is -0.481 e. The molecule has 1 aromatic heterocycles. The number of nitrogens with zero attached hydrogens (tertiary/aromatic N) is 1. The summed E-state index contributed by atoms with van der Waals surface area (Å²) in [5.74, 6) is -0.926. The third kappa shape index (κ3) is 7.63. The van der Waals surface area contributed by atoms with Crippen molar-refractivity contribution in [2.24, 2.45) is 0 Å². The van der Waals surface area contributed by atoms with Crippen molar-refractivity contribution < 1.29 is 19.2 Å². The molecule has 6 nitrogen and oxygen atoms in total. The number of aromatic nitrogens is 1. The Morgan fingerprint density at radius 2 is 1.66 bits per heavy atom. The fourth-order valence-electron chi connectivity index (χ4n) is 4.11. The van der Waals surface area contributed by atoms with Gasteiger partial charge >= 0.3 is 5.97 Å². The molecular weight excluding hydrogens is 522 g/mol. The third-order valence-corrected chi connectivity index (χ3v) is 6.83. The molecule has 0 aliphatic rings. The van der Waals surface area contributed by atoms with E-state index < -0.39 is 22.4 Å². The molecule has 0 bridgehead atoms. The number of aliphatic carboxylic acids is 1. The highest BCUT2D eigenvalue weighted by Crippen LogP contribution is 2.35. The summed E-state index contributed by atoms with van der Waals surface area (Å²) in [7, 11) is -1.13. The molecule has 0 saturated heterocycles. The van der Waals surface area contributed by atoms with Gasteiger partial charge in [-0.1, -0.05) is 35.9 Å². The van der Waals surface area contributed by atoms with Gasteiger partial charge in [0.1, 0.15) is 0 Å². The number of aryl methyl sites for hydroxylation is 1. The van der Waals surface area contributed by atoms with Crippen LogP contribution in [0.3, 0.4) is 0 Å². The number of halogens is 1. The number of aliphatic hydroxyl groups is 1. The topological polar surface area (TPSA) is 96.6 Å². The van der Waals surface area contributed by atoms with E-state index in [1.165, 1.54) is 6.07 Å². The van der Waals surface area contributed by atoms with Crippen LogP contribution in [0, 0.1) is 6.92 Å². The molecule has 8 heteroatoms. The summed E-state index contributed by atoms with van der Waals surface area (Å²) in [6, 6.07) is 19.7. The second kappa shape index (κ2) is 12.1. The Hall–Kier alpha value is -3.26. The zero-order valence-corrected chi connectivity index (χ0v) is 23.7. The predicted molar refractivity (Wildman–Crippen MR) is 155 cm³/mol. The van der Waals surface area contributed by atoms with Crippen molar-refractivity contribution in [1.29, 1.82) is 0 Å². The first-order chi connectivity index (χ1) is 17.7. The number of fused-ring (bicyclic) bond motifs is 1. The van der Waals surface area contributed by atoms with Gasteiger partial charge in [-0.05, 0) is 91.9 Å². The lowest BCUT2D eigenvalue weighted by Crippen LogP contribution is -2.20. The molecule has 1 heterocycles. The number of carboxylic acids is 1. The van der Waals surface area contributed by atoms with Crippen molar-refractivity contribution in [3.05, 3.63) is 98.8 Å². The number of benzene rings is 3. The summed E-state index contributed by atoms with van der Waals surface area (Å²) in [5.41, 5.74) is 4.00. The van der Waals surface area contributed by atoms with Gasteiger partial charge in [0.25, 0.3) is 5.56 Å². The smallest absolute Gasteiger partial charge is 0.307 e. The van der Waals surface area contributed by atoms with E-state index in [1.807, 2.05) is 43.3 Å². The van der Waals surface area contributed by atoms with Crippen LogP contribution in [0.5, 0.6) is 0 Å². The molecule has 4 rings (SSSR count). The van der Waals surface area contributed by atoms with Crippen molar-refractivity contribution in [2.75, 3.05) is 6.26 Å². The van der Waals surface area contributed by atoms with Gasteiger partial charge in [-0.25, -0.2) is 0 Å². The van der Waals surface area contributed by atoms with Gasteiger partial charge in [0, 0.05) is 38.4 Å². The van der Waals surface area contributed by atoms with Gasteiger partial charge in [-0.15, -0.1) is 0 Å². The minimum absolute atomic E-state index is 0.136. The lowest BCUT2D eigenvalue weighted by Gasteiger charge is -2.19. The summed E-state index contributed by atoms with van der Waals surface area (Å²) >= 11 is 6.08. The first-order valence-corrected chi connectivity index (χ1v) is 14.0. The lowest BCUT2D eigenvalue weighted by atomic mass is 9.90. The van der Waals surface area contributed by atoms with Gasteiger partial charge in [-0.3, -0.25) is 13.8 Å². The van der Waals surface area contributed by atoms with Crippen molar-refractivity contribution in [3.63, 3.8) is 0 Å². The highest BCUT2D eigenvalue weighted by molar-refractivity contribution is 7.84. The summed E-state index contributed by atoms with van der Waals surface area (Å²) in [4.78, 5) is 25.3. The van der Waals surface area contributed by atoms with Crippen molar-refractivity contribution >= 4 is 39.3 Å². The molecule has 0 aliphatic heterocycles. The molecule has 3 aromatic carbocycles. The van der Waals surface area contributed by atoms with E-state index in [4.69, 9.17) is 16.7 Å². The maximum Gasteiger partial charge on any atom is 0.307 e. The Morgan fingerprint density at radius 1 is 1.03 bits per heavy atom. The number of carboxylic acid groups (broad SMARTS) is 1. The standard InChI is InChI=1S/C26H22ClNO4S.C4H10O/c1-16-12-23-21(26(22(16)14-25(30)31)18-6-8-19(27)9-7-18)10-11-24(29)28(23)15-17-4-3-5-20(13-17)33(2)32;1-4(2,3)5/h3-13H,14-15H2,1-2H3,(H,30,31);5H,1-3H3. The van der Waals surface area contributed by atoms with Gasteiger partial charge in [-0.2, -0.15) is 0 Å². The van der Waals surface area contributed by atoms with Crippen LogP contribution in [0.25, 0.3) is 22.0 Å². The number of hydrogen-bond acceptors (Lipinski definition) is 4. The number of hydrogen-bond donors (Lipinski definition) is 2. The van der Waals surface area contributed by atoms with Crippen molar-refractivity contribution in [1.82, 2.24) is 4.57 Å². The van der Waals surface area contributed by atoms with Crippen LogP contribution in [0.1, 0.15) is 37.5 Å². The molecule has 0 fully saturated rings.